The molecule has 1 aliphatic rings. The highest BCUT2D eigenvalue weighted by Crippen LogP contribution is 2.36. The lowest BCUT2D eigenvalue weighted by Crippen LogP contribution is -2.45. The molecule has 2 unspecified atom stereocenters. The van der Waals surface area contributed by atoms with Crippen LogP contribution in [0, 0.1) is 13.8 Å². The third-order valence-electron chi connectivity index (χ3n) is 5.14. The van der Waals surface area contributed by atoms with Crippen LogP contribution in [0.1, 0.15) is 55.2 Å². The molecule has 1 saturated heterocycles. The van der Waals surface area contributed by atoms with Crippen LogP contribution in [-0.2, 0) is 0 Å². The molecule has 0 bridgehead atoms. The number of aryl methyl sites for hydroxylation is 2. The van der Waals surface area contributed by atoms with Crippen molar-refractivity contribution in [1.82, 2.24) is 4.90 Å². The Morgan fingerprint density at radius 2 is 2.00 bits per heavy atom. The van der Waals surface area contributed by atoms with Crippen molar-refractivity contribution in [2.45, 2.75) is 58.4 Å². The van der Waals surface area contributed by atoms with Gasteiger partial charge in [0.2, 0.25) is 0 Å². The van der Waals surface area contributed by atoms with Crippen LogP contribution in [0.25, 0.3) is 0 Å². The first kappa shape index (κ1) is 17.3. The van der Waals surface area contributed by atoms with E-state index in [1.165, 1.54) is 55.5 Å². The minimum Gasteiger partial charge on any atom is -0.496 e. The predicted octanol–water partition coefficient (Wildman–Crippen LogP) is 3.62. The molecule has 0 aromatic heterocycles. The maximum atomic E-state index is 6.22. The van der Waals surface area contributed by atoms with Crippen molar-refractivity contribution < 1.29 is 4.74 Å². The van der Waals surface area contributed by atoms with Gasteiger partial charge in [-0.3, -0.25) is 4.90 Å². The van der Waals surface area contributed by atoms with E-state index in [0.29, 0.717) is 18.5 Å². The standard InChI is InChI=1S/C19H32N2O/c1-5-9-21-10-7-6-8-18(21)17(13-20)16-11-14(2)15(3)12-19(16)22-4/h11-12,17-18H,5-10,13,20H2,1-4H3. The minimum absolute atomic E-state index is 0.362. The van der Waals surface area contributed by atoms with Crippen molar-refractivity contribution >= 4 is 0 Å². The Hall–Kier alpha value is -1.06. The van der Waals surface area contributed by atoms with Crippen LogP contribution in [0.4, 0.5) is 0 Å². The average molecular weight is 304 g/mol. The number of rotatable bonds is 6. The van der Waals surface area contributed by atoms with Gasteiger partial charge >= 0.3 is 0 Å². The summed E-state index contributed by atoms with van der Waals surface area (Å²) in [5.74, 6) is 1.36. The molecule has 0 radical (unpaired) electrons. The summed E-state index contributed by atoms with van der Waals surface area (Å²) < 4.78 is 5.68. The second-order valence-electron chi connectivity index (χ2n) is 6.62. The molecule has 3 nitrogen and oxygen atoms in total. The number of benzene rings is 1. The van der Waals surface area contributed by atoms with Gasteiger partial charge in [0.1, 0.15) is 5.75 Å². The maximum absolute atomic E-state index is 6.22. The van der Waals surface area contributed by atoms with Crippen molar-refractivity contribution in [3.05, 3.63) is 28.8 Å². The van der Waals surface area contributed by atoms with E-state index in [9.17, 15) is 0 Å². The molecule has 1 aromatic rings. The molecular formula is C19H32N2O. The van der Waals surface area contributed by atoms with Crippen LogP contribution in [0.15, 0.2) is 12.1 Å². The van der Waals surface area contributed by atoms with Crippen molar-refractivity contribution in [1.29, 1.82) is 0 Å². The van der Waals surface area contributed by atoms with Crippen molar-refractivity contribution in [2.24, 2.45) is 5.73 Å². The second-order valence-corrected chi connectivity index (χ2v) is 6.62. The first-order chi connectivity index (χ1) is 10.6. The first-order valence-corrected chi connectivity index (χ1v) is 8.71. The lowest BCUT2D eigenvalue weighted by molar-refractivity contribution is 0.126. The first-order valence-electron chi connectivity index (χ1n) is 8.71. The summed E-state index contributed by atoms with van der Waals surface area (Å²) in [6.45, 7) is 9.65. The molecule has 1 aromatic carbocycles. The number of hydrogen-bond donors (Lipinski definition) is 1. The zero-order valence-corrected chi connectivity index (χ0v) is 14.7. The van der Waals surface area contributed by atoms with Gasteiger partial charge in [-0.1, -0.05) is 19.4 Å². The number of nitrogens with two attached hydrogens (primary N) is 1. The highest BCUT2D eigenvalue weighted by Gasteiger charge is 2.31. The molecule has 2 N–H and O–H groups in total. The van der Waals surface area contributed by atoms with E-state index >= 15 is 0 Å². The smallest absolute Gasteiger partial charge is 0.122 e. The van der Waals surface area contributed by atoms with E-state index in [1.54, 1.807) is 7.11 Å². The summed E-state index contributed by atoms with van der Waals surface area (Å²) in [6, 6.07) is 5.01. The fourth-order valence-electron chi connectivity index (χ4n) is 3.81. The fourth-order valence-corrected chi connectivity index (χ4v) is 3.81. The number of nitrogens with zero attached hydrogens (tertiary/aromatic N) is 1. The maximum Gasteiger partial charge on any atom is 0.122 e. The number of piperidine rings is 1. The third kappa shape index (κ3) is 3.64. The highest BCUT2D eigenvalue weighted by atomic mass is 16.5. The lowest BCUT2D eigenvalue weighted by atomic mass is 9.83. The van der Waals surface area contributed by atoms with Gasteiger partial charge in [0, 0.05) is 24.1 Å². The van der Waals surface area contributed by atoms with E-state index in [0.717, 1.165) is 5.75 Å². The van der Waals surface area contributed by atoms with E-state index in [2.05, 4.69) is 37.8 Å². The SMILES string of the molecule is CCCN1CCCCC1C(CN)c1cc(C)c(C)cc1OC. The largest absolute Gasteiger partial charge is 0.496 e. The minimum atomic E-state index is 0.362. The molecule has 124 valence electrons. The summed E-state index contributed by atoms with van der Waals surface area (Å²) in [6.07, 6.45) is 5.09. The molecule has 1 heterocycles. The Labute approximate surface area is 135 Å². The molecule has 0 saturated carbocycles. The van der Waals surface area contributed by atoms with E-state index in [-0.39, 0.29) is 0 Å². The molecule has 3 heteroatoms. The molecule has 2 rings (SSSR count). The Balaban J connectivity index is 2.35. The van der Waals surface area contributed by atoms with Gasteiger partial charge in [-0.2, -0.15) is 0 Å². The summed E-state index contributed by atoms with van der Waals surface area (Å²) in [4.78, 5) is 2.65. The van der Waals surface area contributed by atoms with Crippen LogP contribution in [0.2, 0.25) is 0 Å². The van der Waals surface area contributed by atoms with Crippen LogP contribution >= 0.6 is 0 Å². The summed E-state index contributed by atoms with van der Waals surface area (Å²) in [7, 11) is 1.77. The molecule has 22 heavy (non-hydrogen) atoms. The molecule has 0 aliphatic carbocycles. The van der Waals surface area contributed by atoms with E-state index in [1.807, 2.05) is 0 Å². The Morgan fingerprint density at radius 3 is 2.64 bits per heavy atom. The van der Waals surface area contributed by atoms with Gasteiger partial charge in [-0.15, -0.1) is 0 Å². The highest BCUT2D eigenvalue weighted by molar-refractivity contribution is 5.44. The lowest BCUT2D eigenvalue weighted by Gasteiger charge is -2.40. The van der Waals surface area contributed by atoms with Gasteiger partial charge in [-0.05, 0) is 63.4 Å². The second kappa shape index (κ2) is 7.98. The summed E-state index contributed by atoms with van der Waals surface area (Å²) in [5, 5.41) is 0. The molecule has 0 spiro atoms. The van der Waals surface area contributed by atoms with Gasteiger partial charge in [0.05, 0.1) is 7.11 Å². The van der Waals surface area contributed by atoms with Gasteiger partial charge in [0.25, 0.3) is 0 Å². The topological polar surface area (TPSA) is 38.5 Å². The number of hydrogen-bond acceptors (Lipinski definition) is 3. The normalized spacial score (nSPS) is 20.9. The van der Waals surface area contributed by atoms with Gasteiger partial charge in [-0.25, -0.2) is 0 Å². The molecule has 1 fully saturated rings. The number of likely N-dealkylation sites (tertiary alicyclic amines) is 1. The molecular weight excluding hydrogens is 272 g/mol. The fraction of sp³-hybridized carbons (Fsp3) is 0.684. The number of methoxy groups -OCH3 is 1. The Kier molecular flexibility index (Phi) is 6.27. The Morgan fingerprint density at radius 1 is 1.27 bits per heavy atom. The zero-order chi connectivity index (χ0) is 16.1. The zero-order valence-electron chi connectivity index (χ0n) is 14.7. The third-order valence-corrected chi connectivity index (χ3v) is 5.14. The predicted molar refractivity (Wildman–Crippen MR) is 93.8 cm³/mol. The summed E-state index contributed by atoms with van der Waals surface area (Å²) in [5.41, 5.74) is 10.1. The van der Waals surface area contributed by atoms with E-state index < -0.39 is 0 Å². The van der Waals surface area contributed by atoms with Crippen LogP contribution in [0.3, 0.4) is 0 Å². The molecule has 1 aliphatic heterocycles. The Bertz CT molecular complexity index is 485. The van der Waals surface area contributed by atoms with Gasteiger partial charge < -0.3 is 10.5 Å². The van der Waals surface area contributed by atoms with Crippen molar-refractivity contribution in [3.8, 4) is 5.75 Å². The van der Waals surface area contributed by atoms with Crippen LogP contribution in [0.5, 0.6) is 5.75 Å². The van der Waals surface area contributed by atoms with E-state index in [4.69, 9.17) is 10.5 Å². The number of ether oxygens (including phenoxy) is 1. The average Bonchev–Trinajstić information content (AvgIpc) is 2.53. The van der Waals surface area contributed by atoms with Crippen LogP contribution in [-0.4, -0.2) is 37.7 Å². The summed E-state index contributed by atoms with van der Waals surface area (Å²) >= 11 is 0. The van der Waals surface area contributed by atoms with Crippen LogP contribution < -0.4 is 10.5 Å². The molecule has 2 atom stereocenters. The molecule has 0 amide bonds. The van der Waals surface area contributed by atoms with Crippen molar-refractivity contribution in [3.63, 3.8) is 0 Å². The van der Waals surface area contributed by atoms with Crippen molar-refractivity contribution in [2.75, 3.05) is 26.7 Å². The van der Waals surface area contributed by atoms with Gasteiger partial charge in [0.15, 0.2) is 0 Å². The quantitative estimate of drug-likeness (QED) is 0.872. The monoisotopic (exact) mass is 304 g/mol.